The zero-order chi connectivity index (χ0) is 45.8. The molecule has 2 saturated heterocycles. The van der Waals surface area contributed by atoms with Crippen LogP contribution in [0.3, 0.4) is 0 Å². The molecule has 6 heterocycles. The van der Waals surface area contributed by atoms with E-state index in [1.54, 1.807) is 13.3 Å². The number of H-pyrrole nitrogens is 1. The second-order valence-corrected chi connectivity index (χ2v) is 18.3. The number of nitrogens with zero attached hydrogens (tertiary/aromatic N) is 7. The van der Waals surface area contributed by atoms with Gasteiger partial charge in [-0.2, -0.15) is 0 Å². The number of piperazine rings is 1. The van der Waals surface area contributed by atoms with Crippen molar-refractivity contribution in [1.29, 1.82) is 0 Å². The van der Waals surface area contributed by atoms with Crippen molar-refractivity contribution < 1.29 is 29.0 Å². The Morgan fingerprint density at radius 1 is 1.05 bits per heavy atom. The number of piperidine rings is 1. The highest BCUT2D eigenvalue weighted by Gasteiger charge is 2.39. The summed E-state index contributed by atoms with van der Waals surface area (Å²) in [6.07, 6.45) is 5.18. The minimum atomic E-state index is -1.02. The van der Waals surface area contributed by atoms with Crippen LogP contribution in [0, 0.1) is 18.8 Å². The molecule has 7 rings (SSSR count). The normalized spacial score (nSPS) is 15.7. The number of halogens is 1. The van der Waals surface area contributed by atoms with Crippen LogP contribution in [-0.2, 0) is 23.9 Å². The largest absolute Gasteiger partial charge is 0.481 e. The molecule has 18 nitrogen and oxygen atoms in total. The molecule has 0 saturated carbocycles. The van der Waals surface area contributed by atoms with Crippen molar-refractivity contribution in [3.63, 3.8) is 0 Å². The number of thioether (sulfide) groups is 1. The number of carbonyl (C=O) groups is 4. The van der Waals surface area contributed by atoms with Gasteiger partial charge in [0.25, 0.3) is 0 Å². The highest BCUT2D eigenvalue weighted by atomic mass is 35.5. The molecule has 0 unspecified atom stereocenters. The van der Waals surface area contributed by atoms with Gasteiger partial charge < -0.3 is 46.3 Å². The Morgan fingerprint density at radius 3 is 2.60 bits per heavy atom. The van der Waals surface area contributed by atoms with Crippen molar-refractivity contribution in [3.05, 3.63) is 70.2 Å². The van der Waals surface area contributed by atoms with Crippen molar-refractivity contribution >= 4 is 85.5 Å². The third-order valence-corrected chi connectivity index (χ3v) is 13.5. The first kappa shape index (κ1) is 47.6. The summed E-state index contributed by atoms with van der Waals surface area (Å²) in [4.78, 5) is 78.7. The number of rotatable bonds is 19. The molecule has 1 aromatic carbocycles. The molecular formula is C44H53ClN12O6S2. The Bertz CT molecular complexity index is 2510. The van der Waals surface area contributed by atoms with Crippen molar-refractivity contribution in [2.45, 2.75) is 49.2 Å². The number of thiophene rings is 1. The lowest BCUT2D eigenvalue weighted by molar-refractivity contribution is -0.134. The van der Waals surface area contributed by atoms with E-state index in [2.05, 4.69) is 62.5 Å². The molecule has 4 aromatic heterocycles. The van der Waals surface area contributed by atoms with E-state index in [0.717, 1.165) is 55.8 Å². The van der Waals surface area contributed by atoms with Crippen molar-refractivity contribution in [2.24, 2.45) is 5.73 Å². The number of nitrogens with two attached hydrogens (primary N) is 1. The van der Waals surface area contributed by atoms with Gasteiger partial charge in [0.05, 0.1) is 53.9 Å². The third kappa shape index (κ3) is 13.1. The molecule has 2 fully saturated rings. The zero-order valence-electron chi connectivity index (χ0n) is 36.1. The molecule has 1 atom stereocenters. The molecule has 7 N–H and O–H groups in total. The van der Waals surface area contributed by atoms with Gasteiger partial charge in [-0.1, -0.05) is 47.3 Å². The van der Waals surface area contributed by atoms with Crippen LogP contribution in [0.2, 0.25) is 5.02 Å². The quantitative estimate of drug-likeness (QED) is 0.0302. The molecule has 3 amide bonds. The molecule has 65 heavy (non-hydrogen) atoms. The molecule has 21 heteroatoms. The average Bonchev–Trinajstić information content (AvgIpc) is 3.96. The minimum Gasteiger partial charge on any atom is -0.481 e. The number of hydrogen-bond acceptors (Lipinski definition) is 15. The molecule has 0 spiro atoms. The standard InChI is InChI=1S/C44H53ClN12O6S2/c1-29-52-41(64-27-38(60)61)34-25-32(65-42(34)53-29)3-2-13-48-36(58)10-23-63-24-15-47-26-37(59)56-21-19-55(20-22-56)16-9-35(30-4-6-31(45)7-5-30)54-43(62)44(46)11-17-57(18-12-44)40-33-8-14-49-39(33)50-28-51-40/h4-8,14,25,28,35,47H,9-13,15-24,26-27,46H2,1H3,(H,48,58)(H,54,62)(H,60,61)(H,49,50,51)/t35-/m0/s1. The van der Waals surface area contributed by atoms with Gasteiger partial charge in [-0.3, -0.25) is 24.1 Å². The molecule has 2 aliphatic rings. The number of nitrogens with one attached hydrogen (secondary N) is 4. The van der Waals surface area contributed by atoms with Crippen LogP contribution in [0.25, 0.3) is 21.3 Å². The smallest absolute Gasteiger partial charge is 0.313 e. The summed E-state index contributed by atoms with van der Waals surface area (Å²) in [5, 5.41) is 21.2. The van der Waals surface area contributed by atoms with Crippen LogP contribution in [0.4, 0.5) is 5.82 Å². The molecule has 2 aliphatic heterocycles. The lowest BCUT2D eigenvalue weighted by Crippen LogP contribution is -2.60. The Hall–Kier alpha value is -5.40. The van der Waals surface area contributed by atoms with E-state index in [9.17, 15) is 19.2 Å². The first-order valence-electron chi connectivity index (χ1n) is 21.5. The second-order valence-electron chi connectivity index (χ2n) is 15.9. The fourth-order valence-electron chi connectivity index (χ4n) is 7.69. The number of anilines is 1. The maximum Gasteiger partial charge on any atom is 0.313 e. The predicted molar refractivity (Wildman–Crippen MR) is 251 cm³/mol. The van der Waals surface area contributed by atoms with E-state index in [1.807, 2.05) is 47.5 Å². The van der Waals surface area contributed by atoms with Crippen LogP contribution in [-0.4, -0.2) is 153 Å². The summed E-state index contributed by atoms with van der Waals surface area (Å²) >= 11 is 8.75. The molecule has 0 aliphatic carbocycles. The van der Waals surface area contributed by atoms with Gasteiger partial charge in [0.2, 0.25) is 17.7 Å². The number of carboxylic acids is 1. The summed E-state index contributed by atoms with van der Waals surface area (Å²) < 4.78 is 5.60. The van der Waals surface area contributed by atoms with Gasteiger partial charge in [-0.25, -0.2) is 19.9 Å². The topological polar surface area (TPSA) is 237 Å². The molecule has 0 radical (unpaired) electrons. The van der Waals surface area contributed by atoms with Gasteiger partial charge in [0, 0.05) is 75.4 Å². The lowest BCUT2D eigenvalue weighted by atomic mass is 9.87. The predicted octanol–water partition coefficient (Wildman–Crippen LogP) is 2.95. The Morgan fingerprint density at radius 2 is 1.83 bits per heavy atom. The van der Waals surface area contributed by atoms with Gasteiger partial charge in [-0.05, 0) is 56.0 Å². The van der Waals surface area contributed by atoms with Gasteiger partial charge in [0.15, 0.2) is 0 Å². The molecule has 0 bridgehead atoms. The van der Waals surface area contributed by atoms with E-state index in [-0.39, 0.29) is 55.6 Å². The fourth-order valence-corrected chi connectivity index (χ4v) is 9.60. The maximum absolute atomic E-state index is 13.9. The van der Waals surface area contributed by atoms with Crippen molar-refractivity contribution in [3.8, 4) is 11.8 Å². The number of ether oxygens (including phenoxy) is 1. The van der Waals surface area contributed by atoms with Crippen molar-refractivity contribution in [2.75, 3.05) is 89.3 Å². The number of amides is 3. The highest BCUT2D eigenvalue weighted by molar-refractivity contribution is 8.00. The fraction of sp³-hybridized carbons (Fsp3) is 0.455. The molecule has 5 aromatic rings. The number of hydrogen-bond donors (Lipinski definition) is 6. The van der Waals surface area contributed by atoms with Gasteiger partial charge in [0.1, 0.15) is 33.5 Å². The molecular weight excluding hydrogens is 892 g/mol. The SMILES string of the molecule is Cc1nc(SCC(=O)O)c2cc(C#CCNC(=O)CCOCCNCC(=O)N3CCN(CC[C@H](NC(=O)C4(N)CCN(c5ncnc6[nH]ccc56)CC4)c4ccc(Cl)cc4)CC3)sc2n1. The Kier molecular flexibility index (Phi) is 16.6. The Labute approximate surface area is 389 Å². The van der Waals surface area contributed by atoms with Gasteiger partial charge in [-0.15, -0.1) is 11.3 Å². The van der Waals surface area contributed by atoms with Crippen LogP contribution >= 0.6 is 34.7 Å². The minimum absolute atomic E-state index is 0.0177. The number of carboxylic acid groups (broad SMARTS) is 1. The van der Waals surface area contributed by atoms with Crippen LogP contribution in [0.5, 0.6) is 0 Å². The summed E-state index contributed by atoms with van der Waals surface area (Å²) in [6, 6.07) is 11.1. The first-order valence-corrected chi connectivity index (χ1v) is 23.7. The third-order valence-electron chi connectivity index (χ3n) is 11.3. The Balaban J connectivity index is 0.764. The average molecular weight is 946 g/mol. The first-order chi connectivity index (χ1) is 31.4. The molecule has 344 valence electrons. The monoisotopic (exact) mass is 944 g/mol. The van der Waals surface area contributed by atoms with E-state index in [0.29, 0.717) is 87.6 Å². The highest BCUT2D eigenvalue weighted by Crippen LogP contribution is 2.32. The number of aryl methyl sites for hydroxylation is 1. The van der Waals surface area contributed by atoms with Crippen molar-refractivity contribution in [1.82, 2.24) is 50.7 Å². The summed E-state index contributed by atoms with van der Waals surface area (Å²) in [5.74, 6) is 6.00. The number of benzene rings is 1. The van der Waals surface area contributed by atoms with Crippen LogP contribution < -0.4 is 26.6 Å². The number of fused-ring (bicyclic) bond motifs is 2. The summed E-state index contributed by atoms with van der Waals surface area (Å²) in [6.45, 7) is 7.71. The summed E-state index contributed by atoms with van der Waals surface area (Å²) in [5.41, 5.74) is 7.52. The number of aromatic amines is 1. The van der Waals surface area contributed by atoms with Crippen LogP contribution in [0.15, 0.2) is 53.9 Å². The van der Waals surface area contributed by atoms with E-state index >= 15 is 0 Å². The van der Waals surface area contributed by atoms with Crippen LogP contribution in [0.1, 0.15) is 48.0 Å². The van der Waals surface area contributed by atoms with E-state index < -0.39 is 11.5 Å². The van der Waals surface area contributed by atoms with Gasteiger partial charge >= 0.3 is 5.97 Å². The number of carbonyl (C=O) groups excluding carboxylic acids is 3. The second kappa shape index (κ2) is 22.7. The lowest BCUT2D eigenvalue weighted by Gasteiger charge is -2.39. The zero-order valence-corrected chi connectivity index (χ0v) is 38.5. The van der Waals surface area contributed by atoms with E-state index in [4.69, 9.17) is 27.2 Å². The summed E-state index contributed by atoms with van der Waals surface area (Å²) in [7, 11) is 0. The maximum atomic E-state index is 13.9. The number of aliphatic carboxylic acids is 1. The van der Waals surface area contributed by atoms with E-state index in [1.165, 1.54) is 11.3 Å². The number of aromatic nitrogens is 5.